The molecule has 2 N–H and O–H groups in total. The maximum Gasteiger partial charge on any atom is 0.276 e. The van der Waals surface area contributed by atoms with Crippen molar-refractivity contribution in [2.75, 3.05) is 33.3 Å². The summed E-state index contributed by atoms with van der Waals surface area (Å²) >= 11 is 0. The van der Waals surface area contributed by atoms with Gasteiger partial charge in [-0.1, -0.05) is 0 Å². The smallest absolute Gasteiger partial charge is 0.276 e. The Morgan fingerprint density at radius 3 is 3.17 bits per heavy atom. The second kappa shape index (κ2) is 5.52. The third-order valence-electron chi connectivity index (χ3n) is 5.36. The molecular formula is C16H22N4O3. The molecule has 2 atom stereocenters. The first kappa shape index (κ1) is 15.0. The Balaban J connectivity index is 1.46. The quantitative estimate of drug-likeness (QED) is 0.605. The Bertz CT molecular complexity index is 634. The van der Waals surface area contributed by atoms with Crippen molar-refractivity contribution < 1.29 is 14.7 Å². The number of carbonyl (C=O) groups is 1. The Hall–Kier alpha value is -1.54. The highest BCUT2D eigenvalue weighted by atomic mass is 16.5. The van der Waals surface area contributed by atoms with Gasteiger partial charge in [-0.05, 0) is 31.5 Å². The molecule has 7 heteroatoms. The number of hydrogen-bond acceptors (Lipinski definition) is 6. The lowest BCUT2D eigenvalue weighted by atomic mass is 9.98. The number of likely N-dealkylation sites (tertiary alicyclic amines) is 1. The van der Waals surface area contributed by atoms with E-state index in [-0.39, 0.29) is 5.60 Å². The van der Waals surface area contributed by atoms with Gasteiger partial charge in [0.25, 0.3) is 5.91 Å². The van der Waals surface area contributed by atoms with Gasteiger partial charge >= 0.3 is 0 Å². The fourth-order valence-corrected chi connectivity index (χ4v) is 4.16. The van der Waals surface area contributed by atoms with Crippen molar-refractivity contribution in [3.05, 3.63) is 29.1 Å². The van der Waals surface area contributed by atoms with E-state index in [1.807, 2.05) is 6.07 Å². The van der Waals surface area contributed by atoms with Crippen molar-refractivity contribution in [1.82, 2.24) is 20.3 Å². The van der Waals surface area contributed by atoms with Gasteiger partial charge < -0.3 is 4.74 Å². The first-order chi connectivity index (χ1) is 11.1. The number of morpholine rings is 1. The van der Waals surface area contributed by atoms with Crippen LogP contribution < -0.4 is 5.48 Å². The molecule has 7 nitrogen and oxygen atoms in total. The van der Waals surface area contributed by atoms with Crippen LogP contribution in [0.15, 0.2) is 12.3 Å². The summed E-state index contributed by atoms with van der Waals surface area (Å²) in [6.07, 6.45) is 3.51. The molecule has 0 aliphatic carbocycles. The summed E-state index contributed by atoms with van der Waals surface area (Å²) in [5, 5.41) is 8.72. The molecule has 2 bridgehead atoms. The maximum absolute atomic E-state index is 11.5. The third-order valence-corrected chi connectivity index (χ3v) is 5.36. The number of fused-ring (bicyclic) bond motifs is 3. The van der Waals surface area contributed by atoms with E-state index >= 15 is 0 Å². The van der Waals surface area contributed by atoms with Gasteiger partial charge in [0, 0.05) is 38.4 Å². The van der Waals surface area contributed by atoms with Crippen LogP contribution in [0.2, 0.25) is 0 Å². The second-order valence-electron chi connectivity index (χ2n) is 7.00. The van der Waals surface area contributed by atoms with Gasteiger partial charge in [-0.15, -0.1) is 0 Å². The fourth-order valence-electron chi connectivity index (χ4n) is 4.16. The largest absolute Gasteiger partial charge is 0.371 e. The minimum atomic E-state index is -0.513. The van der Waals surface area contributed by atoms with E-state index in [1.165, 1.54) is 6.20 Å². The number of rotatable bonds is 3. The number of hydroxylamine groups is 1. The van der Waals surface area contributed by atoms with Crippen molar-refractivity contribution in [2.45, 2.75) is 31.0 Å². The second-order valence-corrected chi connectivity index (χ2v) is 7.00. The third kappa shape index (κ3) is 2.63. The van der Waals surface area contributed by atoms with Crippen LogP contribution >= 0.6 is 0 Å². The zero-order valence-corrected chi connectivity index (χ0v) is 13.3. The highest BCUT2D eigenvalue weighted by Gasteiger charge is 2.50. The van der Waals surface area contributed by atoms with Gasteiger partial charge in [0.05, 0.1) is 23.5 Å². The molecule has 0 unspecified atom stereocenters. The molecule has 2 saturated heterocycles. The standard InChI is InChI=1S/C16H22N4O3/c1-19-9-16(5-13(19)8-23-16)10-20-3-2-11-4-12(15(21)18-22)6-17-14(11)7-20/h4,6,13,22H,2-3,5,7-10H2,1H3,(H,18,21)/t13-,16-/m1/s1. The normalized spacial score (nSPS) is 30.4. The molecule has 0 radical (unpaired) electrons. The Labute approximate surface area is 135 Å². The fraction of sp³-hybridized carbons (Fsp3) is 0.625. The van der Waals surface area contributed by atoms with Gasteiger partial charge in [0.2, 0.25) is 0 Å². The SMILES string of the molecule is CN1C[C@@]2(CN3CCc4cc(C(=O)NO)cnc4C3)C[C@@H]1CO2. The van der Waals surface area contributed by atoms with Crippen LogP contribution in [0.4, 0.5) is 0 Å². The van der Waals surface area contributed by atoms with Crippen LogP contribution in [0.3, 0.4) is 0 Å². The zero-order valence-electron chi connectivity index (χ0n) is 13.3. The molecule has 0 saturated carbocycles. The summed E-state index contributed by atoms with van der Waals surface area (Å²) in [5.41, 5.74) is 4.14. The lowest BCUT2D eigenvalue weighted by Gasteiger charge is -2.37. The van der Waals surface area contributed by atoms with Crippen LogP contribution in [0.5, 0.6) is 0 Å². The van der Waals surface area contributed by atoms with E-state index in [9.17, 15) is 4.79 Å². The molecule has 0 aromatic carbocycles. The summed E-state index contributed by atoms with van der Waals surface area (Å²) in [5.74, 6) is -0.513. The summed E-state index contributed by atoms with van der Waals surface area (Å²) in [6.45, 7) is 4.52. The number of aromatic nitrogens is 1. The van der Waals surface area contributed by atoms with Crippen LogP contribution in [0.25, 0.3) is 0 Å². The number of nitrogens with one attached hydrogen (secondary N) is 1. The summed E-state index contributed by atoms with van der Waals surface area (Å²) in [6, 6.07) is 2.40. The van der Waals surface area contributed by atoms with E-state index in [2.05, 4.69) is 21.8 Å². The van der Waals surface area contributed by atoms with Gasteiger partial charge in [0.15, 0.2) is 0 Å². The van der Waals surface area contributed by atoms with Gasteiger partial charge in [-0.3, -0.25) is 24.8 Å². The molecule has 124 valence electrons. The predicted octanol–water partition coefficient (Wildman–Crippen LogP) is 0.0318. The van der Waals surface area contributed by atoms with Crippen LogP contribution in [-0.4, -0.2) is 70.8 Å². The topological polar surface area (TPSA) is 77.9 Å². The van der Waals surface area contributed by atoms with E-state index < -0.39 is 5.91 Å². The van der Waals surface area contributed by atoms with Crippen molar-refractivity contribution in [1.29, 1.82) is 0 Å². The van der Waals surface area contributed by atoms with Gasteiger partial charge in [0.1, 0.15) is 0 Å². The molecule has 1 amide bonds. The minimum absolute atomic E-state index is 0.0202. The van der Waals surface area contributed by atoms with Gasteiger partial charge in [-0.25, -0.2) is 5.48 Å². The van der Waals surface area contributed by atoms with E-state index in [0.29, 0.717) is 11.6 Å². The van der Waals surface area contributed by atoms with Crippen LogP contribution in [0.1, 0.15) is 28.0 Å². The van der Waals surface area contributed by atoms with Crippen molar-refractivity contribution in [3.8, 4) is 0 Å². The van der Waals surface area contributed by atoms with E-state index in [0.717, 1.165) is 56.9 Å². The Morgan fingerprint density at radius 2 is 2.48 bits per heavy atom. The Morgan fingerprint density at radius 1 is 1.61 bits per heavy atom. The first-order valence-corrected chi connectivity index (χ1v) is 8.07. The minimum Gasteiger partial charge on any atom is -0.371 e. The van der Waals surface area contributed by atoms with Gasteiger partial charge in [-0.2, -0.15) is 0 Å². The molecule has 3 aliphatic rings. The van der Waals surface area contributed by atoms with Crippen molar-refractivity contribution >= 4 is 5.91 Å². The molecule has 1 aromatic rings. The number of hydrogen-bond donors (Lipinski definition) is 2. The molecule has 0 spiro atoms. The number of pyridine rings is 1. The van der Waals surface area contributed by atoms with E-state index in [1.54, 1.807) is 5.48 Å². The van der Waals surface area contributed by atoms with Crippen LogP contribution in [-0.2, 0) is 17.7 Å². The average Bonchev–Trinajstić information content (AvgIpc) is 3.10. The Kier molecular flexibility index (Phi) is 3.60. The number of carbonyl (C=O) groups excluding carboxylic acids is 1. The molecular weight excluding hydrogens is 296 g/mol. The number of likely N-dealkylation sites (N-methyl/N-ethyl adjacent to an activating group) is 1. The maximum atomic E-state index is 11.5. The summed E-state index contributed by atoms with van der Waals surface area (Å²) in [7, 11) is 2.18. The van der Waals surface area contributed by atoms with Crippen molar-refractivity contribution in [3.63, 3.8) is 0 Å². The monoisotopic (exact) mass is 318 g/mol. The number of nitrogens with zero attached hydrogens (tertiary/aromatic N) is 3. The molecule has 4 rings (SSSR count). The first-order valence-electron chi connectivity index (χ1n) is 8.07. The zero-order chi connectivity index (χ0) is 16.0. The highest BCUT2D eigenvalue weighted by Crippen LogP contribution is 2.37. The highest BCUT2D eigenvalue weighted by molar-refractivity contribution is 5.93. The molecule has 3 aliphatic heterocycles. The molecule has 2 fully saturated rings. The van der Waals surface area contributed by atoms with E-state index in [4.69, 9.17) is 9.94 Å². The number of ether oxygens (including phenoxy) is 1. The lowest BCUT2D eigenvalue weighted by molar-refractivity contribution is -0.0587. The average molecular weight is 318 g/mol. The molecule has 23 heavy (non-hydrogen) atoms. The lowest BCUT2D eigenvalue weighted by Crippen LogP contribution is -2.49. The predicted molar refractivity (Wildman–Crippen MR) is 82.2 cm³/mol. The number of amides is 1. The summed E-state index contributed by atoms with van der Waals surface area (Å²) < 4.78 is 6.08. The van der Waals surface area contributed by atoms with Crippen molar-refractivity contribution in [2.24, 2.45) is 0 Å². The molecule has 4 heterocycles. The van der Waals surface area contributed by atoms with Crippen LogP contribution in [0, 0.1) is 0 Å². The molecule has 1 aromatic heterocycles. The summed E-state index contributed by atoms with van der Waals surface area (Å²) in [4.78, 5) is 20.7.